The van der Waals surface area contributed by atoms with Crippen LogP contribution in [0.5, 0.6) is 11.5 Å². The summed E-state index contributed by atoms with van der Waals surface area (Å²) in [5.41, 5.74) is 2.13. The molecule has 1 aromatic carbocycles. The minimum Gasteiger partial charge on any atom is -0.454 e. The molecule has 3 aliphatic heterocycles. The van der Waals surface area contributed by atoms with E-state index in [4.69, 9.17) is 9.47 Å². The number of carbonyl (C=O) groups excluding carboxylic acids is 1. The predicted octanol–water partition coefficient (Wildman–Crippen LogP) is 3.11. The van der Waals surface area contributed by atoms with Crippen molar-refractivity contribution in [2.45, 2.75) is 44.6 Å². The fourth-order valence-electron chi connectivity index (χ4n) is 5.25. The molecule has 2 aromatic rings. The molecule has 152 valence electrons. The minimum absolute atomic E-state index is 0.0933. The standard InChI is InChI=1S/C23H26N2O4/c1-2-4-18-16-11-17(19-5-3-6-22(26)25(18)19)13-24(12-16)23(27)10-15-7-8-20-21(9-15)29-14-28-20/h3,5-9,16-18H,2,4,10-14H2,1H3/t16-,17+,18-/m0/s1. The highest BCUT2D eigenvalue weighted by Gasteiger charge is 2.41. The van der Waals surface area contributed by atoms with E-state index in [-0.39, 0.29) is 30.2 Å². The Morgan fingerprint density at radius 1 is 1.14 bits per heavy atom. The van der Waals surface area contributed by atoms with Crippen LogP contribution in [0.4, 0.5) is 0 Å². The monoisotopic (exact) mass is 394 g/mol. The molecule has 29 heavy (non-hydrogen) atoms. The van der Waals surface area contributed by atoms with Crippen LogP contribution >= 0.6 is 0 Å². The van der Waals surface area contributed by atoms with Crippen LogP contribution in [0.1, 0.15) is 49.4 Å². The molecule has 0 radical (unpaired) electrons. The van der Waals surface area contributed by atoms with Gasteiger partial charge in [0.1, 0.15) is 0 Å². The summed E-state index contributed by atoms with van der Waals surface area (Å²) in [6.07, 6.45) is 3.41. The molecule has 0 aliphatic carbocycles. The largest absolute Gasteiger partial charge is 0.454 e. The van der Waals surface area contributed by atoms with Crippen LogP contribution in [0.3, 0.4) is 0 Å². The molecular weight excluding hydrogens is 368 g/mol. The molecule has 1 fully saturated rings. The zero-order valence-corrected chi connectivity index (χ0v) is 16.7. The summed E-state index contributed by atoms with van der Waals surface area (Å²) in [6, 6.07) is 11.5. The lowest BCUT2D eigenvalue weighted by molar-refractivity contribution is -0.133. The quantitative estimate of drug-likeness (QED) is 0.800. The Bertz CT molecular complexity index is 999. The Hall–Kier alpha value is -2.76. The maximum Gasteiger partial charge on any atom is 0.250 e. The van der Waals surface area contributed by atoms with Gasteiger partial charge in [-0.3, -0.25) is 9.59 Å². The average Bonchev–Trinajstić information content (AvgIpc) is 3.19. The van der Waals surface area contributed by atoms with E-state index in [1.165, 1.54) is 0 Å². The lowest BCUT2D eigenvalue weighted by Crippen LogP contribution is -2.51. The van der Waals surface area contributed by atoms with Gasteiger partial charge < -0.3 is 18.9 Å². The Kier molecular flexibility index (Phi) is 4.57. The number of hydrogen-bond donors (Lipinski definition) is 0. The molecular formula is C23H26N2O4. The van der Waals surface area contributed by atoms with Gasteiger partial charge in [-0.15, -0.1) is 0 Å². The second kappa shape index (κ2) is 7.25. The van der Waals surface area contributed by atoms with Crippen molar-refractivity contribution >= 4 is 5.91 Å². The number of ether oxygens (including phenoxy) is 2. The molecule has 4 heterocycles. The third-order valence-corrected chi connectivity index (χ3v) is 6.53. The van der Waals surface area contributed by atoms with Crippen LogP contribution in [-0.2, 0) is 11.2 Å². The summed E-state index contributed by atoms with van der Waals surface area (Å²) in [4.78, 5) is 27.7. The molecule has 0 spiro atoms. The Balaban J connectivity index is 1.38. The zero-order chi connectivity index (χ0) is 20.0. The van der Waals surface area contributed by atoms with Gasteiger partial charge in [0.15, 0.2) is 11.5 Å². The van der Waals surface area contributed by atoms with E-state index >= 15 is 0 Å². The molecule has 5 rings (SSSR count). The van der Waals surface area contributed by atoms with Gasteiger partial charge >= 0.3 is 0 Å². The maximum absolute atomic E-state index is 13.1. The van der Waals surface area contributed by atoms with Crippen LogP contribution in [-0.4, -0.2) is 35.3 Å². The number of likely N-dealkylation sites (tertiary alicyclic amines) is 1. The molecule has 1 saturated heterocycles. The lowest BCUT2D eigenvalue weighted by atomic mass is 9.77. The van der Waals surface area contributed by atoms with E-state index in [1.807, 2.05) is 33.7 Å². The van der Waals surface area contributed by atoms with E-state index < -0.39 is 0 Å². The molecule has 1 aromatic heterocycles. The predicted molar refractivity (Wildman–Crippen MR) is 108 cm³/mol. The smallest absolute Gasteiger partial charge is 0.250 e. The van der Waals surface area contributed by atoms with E-state index in [1.54, 1.807) is 6.07 Å². The first-order valence-electron chi connectivity index (χ1n) is 10.5. The zero-order valence-electron chi connectivity index (χ0n) is 16.7. The lowest BCUT2D eigenvalue weighted by Gasteiger charge is -2.47. The van der Waals surface area contributed by atoms with Gasteiger partial charge in [-0.05, 0) is 42.5 Å². The van der Waals surface area contributed by atoms with Crippen LogP contribution < -0.4 is 15.0 Å². The maximum atomic E-state index is 13.1. The summed E-state index contributed by atoms with van der Waals surface area (Å²) in [7, 11) is 0. The van der Waals surface area contributed by atoms with E-state index in [0.717, 1.165) is 42.8 Å². The topological polar surface area (TPSA) is 60.8 Å². The van der Waals surface area contributed by atoms with E-state index in [9.17, 15) is 9.59 Å². The summed E-state index contributed by atoms with van der Waals surface area (Å²) >= 11 is 0. The van der Waals surface area contributed by atoms with Gasteiger partial charge in [0.2, 0.25) is 12.7 Å². The van der Waals surface area contributed by atoms with Crippen LogP contribution in [0, 0.1) is 5.92 Å². The highest BCUT2D eigenvalue weighted by Crippen LogP contribution is 2.43. The first-order chi connectivity index (χ1) is 14.1. The van der Waals surface area contributed by atoms with Gasteiger partial charge in [-0.2, -0.15) is 0 Å². The number of carbonyl (C=O) groups is 1. The van der Waals surface area contributed by atoms with Crippen molar-refractivity contribution in [3.8, 4) is 11.5 Å². The highest BCUT2D eigenvalue weighted by atomic mass is 16.7. The van der Waals surface area contributed by atoms with Gasteiger partial charge in [0, 0.05) is 36.8 Å². The van der Waals surface area contributed by atoms with Crippen molar-refractivity contribution in [3.05, 3.63) is 58.0 Å². The number of amides is 1. The van der Waals surface area contributed by atoms with Crippen molar-refractivity contribution in [1.82, 2.24) is 9.47 Å². The first-order valence-corrected chi connectivity index (χ1v) is 10.5. The average molecular weight is 394 g/mol. The van der Waals surface area contributed by atoms with Crippen molar-refractivity contribution in [2.75, 3.05) is 19.9 Å². The van der Waals surface area contributed by atoms with Gasteiger partial charge in [-0.25, -0.2) is 0 Å². The minimum atomic E-state index is 0.0933. The summed E-state index contributed by atoms with van der Waals surface area (Å²) in [5.74, 6) is 2.15. The SMILES string of the molecule is CCC[C@H]1[C@H]2C[C@H](CN(C(=O)Cc3ccc4c(c3)OCO4)C2)c2cccc(=O)n21. The summed E-state index contributed by atoms with van der Waals surface area (Å²) in [6.45, 7) is 3.80. The number of fused-ring (bicyclic) bond motifs is 5. The number of aromatic nitrogens is 1. The molecule has 2 bridgehead atoms. The number of rotatable bonds is 4. The van der Waals surface area contributed by atoms with Crippen molar-refractivity contribution in [3.63, 3.8) is 0 Å². The molecule has 6 heteroatoms. The molecule has 3 aliphatic rings. The van der Waals surface area contributed by atoms with E-state index in [0.29, 0.717) is 24.6 Å². The third-order valence-electron chi connectivity index (χ3n) is 6.53. The highest BCUT2D eigenvalue weighted by molar-refractivity contribution is 5.79. The third kappa shape index (κ3) is 3.20. The molecule has 1 amide bonds. The Morgan fingerprint density at radius 3 is 2.86 bits per heavy atom. The number of pyridine rings is 1. The Morgan fingerprint density at radius 2 is 2.00 bits per heavy atom. The van der Waals surface area contributed by atoms with Crippen LogP contribution in [0.15, 0.2) is 41.2 Å². The summed E-state index contributed by atoms with van der Waals surface area (Å²) < 4.78 is 12.8. The Labute approximate surface area is 170 Å². The first kappa shape index (κ1) is 18.3. The number of piperidine rings is 1. The number of nitrogens with zero attached hydrogens (tertiary/aromatic N) is 2. The molecule has 3 atom stereocenters. The second-order valence-corrected chi connectivity index (χ2v) is 8.37. The number of hydrogen-bond acceptors (Lipinski definition) is 4. The molecule has 0 saturated carbocycles. The molecule has 6 nitrogen and oxygen atoms in total. The van der Waals surface area contributed by atoms with Crippen LogP contribution in [0.2, 0.25) is 0 Å². The van der Waals surface area contributed by atoms with Gasteiger partial charge in [-0.1, -0.05) is 25.5 Å². The van der Waals surface area contributed by atoms with Crippen molar-refractivity contribution < 1.29 is 14.3 Å². The van der Waals surface area contributed by atoms with E-state index in [2.05, 4.69) is 13.0 Å². The summed E-state index contributed by atoms with van der Waals surface area (Å²) in [5, 5.41) is 0. The fraction of sp³-hybridized carbons (Fsp3) is 0.478. The van der Waals surface area contributed by atoms with Gasteiger partial charge in [0.25, 0.3) is 5.56 Å². The normalized spacial score (nSPS) is 24.3. The van der Waals surface area contributed by atoms with Gasteiger partial charge in [0.05, 0.1) is 6.42 Å². The van der Waals surface area contributed by atoms with Crippen LogP contribution in [0.25, 0.3) is 0 Å². The molecule has 0 unspecified atom stereocenters. The van der Waals surface area contributed by atoms with Crippen molar-refractivity contribution in [1.29, 1.82) is 0 Å². The van der Waals surface area contributed by atoms with Crippen molar-refractivity contribution in [2.24, 2.45) is 5.92 Å². The number of benzene rings is 1. The molecule has 0 N–H and O–H groups in total. The fourth-order valence-corrected chi connectivity index (χ4v) is 5.25. The second-order valence-electron chi connectivity index (χ2n) is 8.37.